The third-order valence-electron chi connectivity index (χ3n) is 2.18. The highest BCUT2D eigenvalue weighted by Crippen LogP contribution is 2.16. The lowest BCUT2D eigenvalue weighted by molar-refractivity contribution is 0.0288. The minimum Gasteiger partial charge on any atom is -0.460 e. The van der Waals surface area contributed by atoms with Gasteiger partial charge in [0, 0.05) is 20.3 Å². The van der Waals surface area contributed by atoms with Gasteiger partial charge in [0.15, 0.2) is 0 Å². The van der Waals surface area contributed by atoms with E-state index in [1.165, 1.54) is 12.3 Å². The predicted molar refractivity (Wildman–Crippen MR) is 71.3 cm³/mol. The molecule has 7 heteroatoms. The molecule has 0 aromatic carbocycles. The van der Waals surface area contributed by atoms with E-state index < -0.39 is 5.97 Å². The number of anilines is 1. The van der Waals surface area contributed by atoms with E-state index in [1.807, 2.05) is 0 Å². The molecule has 6 nitrogen and oxygen atoms in total. The molecule has 0 saturated heterocycles. The number of ether oxygens (including phenoxy) is 3. The van der Waals surface area contributed by atoms with Crippen LogP contribution in [0.4, 0.5) is 5.69 Å². The van der Waals surface area contributed by atoms with E-state index in [4.69, 9.17) is 31.5 Å². The first kappa shape index (κ1) is 15.7. The maximum Gasteiger partial charge on any atom is 0.341 e. The van der Waals surface area contributed by atoms with Crippen molar-refractivity contribution in [3.63, 3.8) is 0 Å². The average Bonchev–Trinajstić information content (AvgIpc) is 2.40. The molecule has 1 aromatic rings. The van der Waals surface area contributed by atoms with Crippen molar-refractivity contribution in [3.8, 4) is 0 Å². The SMILES string of the molecule is COCCCOCCOC(=O)c1cc(N)cnc1Cl. The maximum atomic E-state index is 11.7. The molecule has 2 N–H and O–H groups in total. The number of methoxy groups -OCH3 is 1. The first-order valence-corrected chi connectivity index (χ1v) is 6.17. The zero-order valence-electron chi connectivity index (χ0n) is 10.7. The maximum absolute atomic E-state index is 11.7. The molecule has 1 heterocycles. The number of pyridine rings is 1. The molecule has 0 fully saturated rings. The van der Waals surface area contributed by atoms with Crippen LogP contribution in [0.25, 0.3) is 0 Å². The summed E-state index contributed by atoms with van der Waals surface area (Å²) in [5.41, 5.74) is 6.03. The molecular weight excluding hydrogens is 272 g/mol. The van der Waals surface area contributed by atoms with Gasteiger partial charge >= 0.3 is 5.97 Å². The highest BCUT2D eigenvalue weighted by atomic mass is 35.5. The second-order valence-electron chi connectivity index (χ2n) is 3.70. The van der Waals surface area contributed by atoms with Crippen LogP contribution in [0.5, 0.6) is 0 Å². The van der Waals surface area contributed by atoms with E-state index in [0.717, 1.165) is 6.42 Å². The molecule has 0 atom stereocenters. The Morgan fingerprint density at radius 2 is 2.16 bits per heavy atom. The smallest absolute Gasteiger partial charge is 0.341 e. The Balaban J connectivity index is 2.26. The molecule has 0 spiro atoms. The van der Waals surface area contributed by atoms with Crippen LogP contribution < -0.4 is 5.73 Å². The molecule has 0 aliphatic rings. The summed E-state index contributed by atoms with van der Waals surface area (Å²) in [4.78, 5) is 15.4. The zero-order chi connectivity index (χ0) is 14.1. The van der Waals surface area contributed by atoms with Crippen LogP contribution in [0.15, 0.2) is 12.3 Å². The van der Waals surface area contributed by atoms with Crippen LogP contribution in [-0.4, -0.2) is 44.5 Å². The van der Waals surface area contributed by atoms with Crippen molar-refractivity contribution in [2.45, 2.75) is 6.42 Å². The number of hydrogen-bond acceptors (Lipinski definition) is 6. The molecule has 1 aromatic heterocycles. The summed E-state index contributed by atoms with van der Waals surface area (Å²) in [5, 5.41) is 0.0696. The van der Waals surface area contributed by atoms with Crippen molar-refractivity contribution < 1.29 is 19.0 Å². The Hall–Kier alpha value is -1.37. The van der Waals surface area contributed by atoms with Gasteiger partial charge in [-0.25, -0.2) is 9.78 Å². The van der Waals surface area contributed by atoms with E-state index in [0.29, 0.717) is 25.5 Å². The molecule has 0 radical (unpaired) electrons. The number of carbonyl (C=O) groups is 1. The van der Waals surface area contributed by atoms with Gasteiger partial charge in [0.2, 0.25) is 0 Å². The van der Waals surface area contributed by atoms with E-state index in [1.54, 1.807) is 7.11 Å². The van der Waals surface area contributed by atoms with Crippen LogP contribution >= 0.6 is 11.6 Å². The quantitative estimate of drug-likeness (QED) is 0.444. The molecule has 1 rings (SSSR count). The molecule has 0 amide bonds. The first-order valence-electron chi connectivity index (χ1n) is 5.80. The van der Waals surface area contributed by atoms with Gasteiger partial charge < -0.3 is 19.9 Å². The Kier molecular flexibility index (Phi) is 7.17. The van der Waals surface area contributed by atoms with Gasteiger partial charge in [-0.05, 0) is 12.5 Å². The lowest BCUT2D eigenvalue weighted by Crippen LogP contribution is -2.13. The lowest BCUT2D eigenvalue weighted by atomic mass is 10.3. The summed E-state index contributed by atoms with van der Waals surface area (Å²) in [5.74, 6) is -0.565. The Morgan fingerprint density at radius 1 is 1.37 bits per heavy atom. The largest absolute Gasteiger partial charge is 0.460 e. The van der Waals surface area contributed by atoms with E-state index in [9.17, 15) is 4.79 Å². The number of nitrogen functional groups attached to an aromatic ring is 1. The van der Waals surface area contributed by atoms with Crippen molar-refractivity contribution in [3.05, 3.63) is 23.0 Å². The van der Waals surface area contributed by atoms with Gasteiger partial charge in [0.25, 0.3) is 0 Å². The third kappa shape index (κ3) is 5.87. The van der Waals surface area contributed by atoms with Crippen LogP contribution in [0.1, 0.15) is 16.8 Å². The van der Waals surface area contributed by atoms with Crippen LogP contribution in [-0.2, 0) is 14.2 Å². The van der Waals surface area contributed by atoms with Crippen molar-refractivity contribution in [1.29, 1.82) is 0 Å². The monoisotopic (exact) mass is 288 g/mol. The van der Waals surface area contributed by atoms with Crippen molar-refractivity contribution in [1.82, 2.24) is 4.98 Å². The van der Waals surface area contributed by atoms with Crippen LogP contribution in [0.2, 0.25) is 5.15 Å². The highest BCUT2D eigenvalue weighted by Gasteiger charge is 2.13. The zero-order valence-corrected chi connectivity index (χ0v) is 11.5. The summed E-state index contributed by atoms with van der Waals surface area (Å²) in [6, 6.07) is 1.43. The second-order valence-corrected chi connectivity index (χ2v) is 4.06. The molecule has 19 heavy (non-hydrogen) atoms. The summed E-state index contributed by atoms with van der Waals surface area (Å²) >= 11 is 5.78. The number of nitrogens with two attached hydrogens (primary N) is 1. The Morgan fingerprint density at radius 3 is 2.89 bits per heavy atom. The number of carbonyl (C=O) groups excluding carboxylic acids is 1. The molecule has 0 aliphatic carbocycles. The van der Waals surface area contributed by atoms with Crippen molar-refractivity contribution in [2.75, 3.05) is 39.3 Å². The lowest BCUT2D eigenvalue weighted by Gasteiger charge is -2.07. The van der Waals surface area contributed by atoms with E-state index in [-0.39, 0.29) is 17.3 Å². The van der Waals surface area contributed by atoms with Gasteiger partial charge in [-0.3, -0.25) is 0 Å². The topological polar surface area (TPSA) is 83.7 Å². The van der Waals surface area contributed by atoms with E-state index >= 15 is 0 Å². The normalized spacial score (nSPS) is 10.4. The number of hydrogen-bond donors (Lipinski definition) is 1. The number of nitrogens with zero attached hydrogens (tertiary/aromatic N) is 1. The summed E-state index contributed by atoms with van der Waals surface area (Å²) < 4.78 is 15.1. The van der Waals surface area contributed by atoms with Gasteiger partial charge in [0.1, 0.15) is 11.8 Å². The minimum absolute atomic E-state index is 0.0696. The summed E-state index contributed by atoms with van der Waals surface area (Å²) in [6.45, 7) is 1.68. The second kappa shape index (κ2) is 8.68. The number of esters is 1. The average molecular weight is 289 g/mol. The number of halogens is 1. The Labute approximate surface area is 116 Å². The van der Waals surface area contributed by atoms with Crippen molar-refractivity contribution >= 4 is 23.3 Å². The molecule has 0 bridgehead atoms. The summed E-state index contributed by atoms with van der Waals surface area (Å²) in [6.07, 6.45) is 2.17. The number of rotatable bonds is 8. The van der Waals surface area contributed by atoms with Gasteiger partial charge in [-0.1, -0.05) is 11.6 Å². The van der Waals surface area contributed by atoms with Gasteiger partial charge in [-0.2, -0.15) is 0 Å². The molecule has 106 valence electrons. The highest BCUT2D eigenvalue weighted by molar-refractivity contribution is 6.32. The predicted octanol–water partition coefficient (Wildman–Crippen LogP) is 1.53. The molecule has 0 aliphatic heterocycles. The fourth-order valence-electron chi connectivity index (χ4n) is 1.29. The molecule has 0 saturated carbocycles. The van der Waals surface area contributed by atoms with Crippen LogP contribution in [0.3, 0.4) is 0 Å². The van der Waals surface area contributed by atoms with Gasteiger partial charge in [-0.15, -0.1) is 0 Å². The van der Waals surface area contributed by atoms with Crippen LogP contribution in [0, 0.1) is 0 Å². The molecular formula is C12H17ClN2O4. The van der Waals surface area contributed by atoms with E-state index in [2.05, 4.69) is 4.98 Å². The number of aromatic nitrogens is 1. The fraction of sp³-hybridized carbons (Fsp3) is 0.500. The standard InChI is InChI=1S/C12H17ClN2O4/c1-17-3-2-4-18-5-6-19-12(16)10-7-9(14)8-15-11(10)13/h7-8H,2-6,14H2,1H3. The Bertz CT molecular complexity index is 415. The minimum atomic E-state index is -0.565. The third-order valence-corrected chi connectivity index (χ3v) is 2.48. The van der Waals surface area contributed by atoms with Crippen molar-refractivity contribution in [2.24, 2.45) is 0 Å². The first-order chi connectivity index (χ1) is 9.15. The molecule has 0 unspecified atom stereocenters. The summed E-state index contributed by atoms with van der Waals surface area (Å²) in [7, 11) is 1.63. The van der Waals surface area contributed by atoms with Gasteiger partial charge in [0.05, 0.1) is 24.1 Å². The fourth-order valence-corrected chi connectivity index (χ4v) is 1.47.